The Labute approximate surface area is 136 Å². The number of alkyl halides is 2. The number of rotatable bonds is 6. The highest BCUT2D eigenvalue weighted by atomic mass is 79.9. The van der Waals surface area contributed by atoms with Gasteiger partial charge in [-0.2, -0.15) is 0 Å². The predicted octanol–water partition coefficient (Wildman–Crippen LogP) is 5.72. The Morgan fingerprint density at radius 3 is 2.47 bits per heavy atom. The van der Waals surface area contributed by atoms with E-state index in [9.17, 15) is 0 Å². The van der Waals surface area contributed by atoms with Gasteiger partial charge in [-0.3, -0.25) is 0 Å². The minimum absolute atomic E-state index is 0.177. The van der Waals surface area contributed by atoms with Gasteiger partial charge in [0.15, 0.2) is 0 Å². The maximum Gasteiger partial charge on any atom is 0.0150 e. The molecule has 0 unspecified atom stereocenters. The van der Waals surface area contributed by atoms with Crippen LogP contribution >= 0.6 is 43.2 Å². The summed E-state index contributed by atoms with van der Waals surface area (Å²) in [6.07, 6.45) is 2.30. The Morgan fingerprint density at radius 1 is 1.11 bits per heavy atom. The van der Waals surface area contributed by atoms with E-state index in [1.165, 1.54) is 16.0 Å². The molecule has 0 atom stereocenters. The van der Waals surface area contributed by atoms with Crippen LogP contribution in [-0.4, -0.2) is 10.7 Å². The molecule has 19 heavy (non-hydrogen) atoms. The minimum atomic E-state index is 0.177. The highest BCUT2D eigenvalue weighted by Crippen LogP contribution is 2.34. The van der Waals surface area contributed by atoms with Gasteiger partial charge in [-0.05, 0) is 36.8 Å². The lowest BCUT2D eigenvalue weighted by molar-refractivity contribution is 0.507. The first-order valence-corrected chi connectivity index (χ1v) is 9.54. The first kappa shape index (κ1) is 15.3. The van der Waals surface area contributed by atoms with E-state index in [0.29, 0.717) is 0 Å². The van der Waals surface area contributed by atoms with E-state index in [1.807, 2.05) is 11.3 Å². The normalized spacial score (nSPS) is 11.7. The monoisotopic (exact) mass is 400 g/mol. The molecule has 0 aliphatic rings. The number of thiophene rings is 1. The largest absolute Gasteiger partial charge is 0.149 e. The van der Waals surface area contributed by atoms with Gasteiger partial charge >= 0.3 is 0 Å². The molecule has 1 aromatic carbocycles. The fourth-order valence-electron chi connectivity index (χ4n) is 2.26. The molecule has 0 radical (unpaired) electrons. The molecule has 0 saturated heterocycles. The average Bonchev–Trinajstić information content (AvgIpc) is 2.94. The summed E-state index contributed by atoms with van der Waals surface area (Å²) in [6.45, 7) is 2.16. The summed E-state index contributed by atoms with van der Waals surface area (Å²) in [4.78, 5) is 1.47. The van der Waals surface area contributed by atoms with Crippen LogP contribution in [0.25, 0.3) is 0 Å². The van der Waals surface area contributed by atoms with Crippen molar-refractivity contribution in [3.05, 3.63) is 57.8 Å². The third-order valence-corrected chi connectivity index (χ3v) is 6.65. The lowest BCUT2D eigenvalue weighted by Gasteiger charge is -2.31. The summed E-state index contributed by atoms with van der Waals surface area (Å²) >= 11 is 9.32. The molecule has 0 aliphatic heterocycles. The number of halogens is 2. The van der Waals surface area contributed by atoms with E-state index >= 15 is 0 Å². The first-order valence-electron chi connectivity index (χ1n) is 6.42. The molecule has 0 spiro atoms. The zero-order valence-corrected chi connectivity index (χ0v) is 15.0. The third-order valence-electron chi connectivity index (χ3n) is 3.57. The van der Waals surface area contributed by atoms with E-state index in [4.69, 9.17) is 0 Å². The molecule has 0 N–H and O–H groups in total. The van der Waals surface area contributed by atoms with Gasteiger partial charge in [0.25, 0.3) is 0 Å². The lowest BCUT2D eigenvalue weighted by Crippen LogP contribution is -2.31. The van der Waals surface area contributed by atoms with Crippen LogP contribution in [0.5, 0.6) is 0 Å². The van der Waals surface area contributed by atoms with E-state index in [0.717, 1.165) is 23.5 Å². The van der Waals surface area contributed by atoms with E-state index in [-0.39, 0.29) is 5.41 Å². The van der Waals surface area contributed by atoms with Crippen LogP contribution in [0.3, 0.4) is 0 Å². The second kappa shape index (κ2) is 7.05. The van der Waals surface area contributed by atoms with Gasteiger partial charge in [-0.25, -0.2) is 0 Å². The van der Waals surface area contributed by atoms with Gasteiger partial charge in [0, 0.05) is 21.0 Å². The second-order valence-electron chi connectivity index (χ2n) is 5.00. The average molecular weight is 402 g/mol. The van der Waals surface area contributed by atoms with Crippen LogP contribution in [0.15, 0.2) is 41.8 Å². The van der Waals surface area contributed by atoms with E-state index in [1.54, 1.807) is 0 Å². The van der Waals surface area contributed by atoms with E-state index < -0.39 is 0 Å². The van der Waals surface area contributed by atoms with E-state index in [2.05, 4.69) is 80.6 Å². The smallest absolute Gasteiger partial charge is 0.0150 e. The van der Waals surface area contributed by atoms with Crippen molar-refractivity contribution in [2.75, 3.05) is 10.7 Å². The fraction of sp³-hybridized carbons (Fsp3) is 0.375. The minimum Gasteiger partial charge on any atom is -0.149 e. The molecule has 102 valence electrons. The number of hydrogen-bond donors (Lipinski definition) is 0. The molecule has 2 rings (SSSR count). The third kappa shape index (κ3) is 3.71. The Bertz CT molecular complexity index is 501. The van der Waals surface area contributed by atoms with Crippen LogP contribution in [0, 0.1) is 6.92 Å². The molecular formula is C16H18Br2S. The molecule has 0 nitrogen and oxygen atoms in total. The Kier molecular flexibility index (Phi) is 5.67. The molecule has 0 bridgehead atoms. The summed E-state index contributed by atoms with van der Waals surface area (Å²) in [7, 11) is 0. The van der Waals surface area contributed by atoms with Crippen molar-refractivity contribution in [2.45, 2.75) is 25.2 Å². The Hall–Kier alpha value is -0.120. The van der Waals surface area contributed by atoms with Gasteiger partial charge in [-0.1, -0.05) is 67.8 Å². The molecular weight excluding hydrogens is 384 g/mol. The first-order chi connectivity index (χ1) is 9.20. The standard InChI is InChI=1S/C16H18Br2S/c1-13-4-2-5-14(10-13)16(11-17,12-18)8-7-15-6-3-9-19-15/h2-6,9-10H,7-8,11-12H2,1H3. The van der Waals surface area contributed by atoms with Gasteiger partial charge in [0.1, 0.15) is 0 Å². The quantitative estimate of drug-likeness (QED) is 0.543. The van der Waals surface area contributed by atoms with Crippen LogP contribution in [0.2, 0.25) is 0 Å². The molecule has 2 aromatic rings. The van der Waals surface area contributed by atoms with Crippen LogP contribution in [-0.2, 0) is 11.8 Å². The maximum absolute atomic E-state index is 3.73. The predicted molar refractivity (Wildman–Crippen MR) is 93.1 cm³/mol. The SMILES string of the molecule is Cc1cccc(C(CBr)(CBr)CCc2cccs2)c1. The summed E-state index contributed by atoms with van der Waals surface area (Å²) in [5.41, 5.74) is 2.94. The molecule has 0 fully saturated rings. The summed E-state index contributed by atoms with van der Waals surface area (Å²) < 4.78 is 0. The highest BCUT2D eigenvalue weighted by molar-refractivity contribution is 9.09. The highest BCUT2D eigenvalue weighted by Gasteiger charge is 2.29. The lowest BCUT2D eigenvalue weighted by atomic mass is 9.80. The van der Waals surface area contributed by atoms with Crippen molar-refractivity contribution in [1.82, 2.24) is 0 Å². The molecule has 3 heteroatoms. The van der Waals surface area contributed by atoms with Crippen molar-refractivity contribution < 1.29 is 0 Å². The molecule has 1 heterocycles. The number of aryl methyl sites for hydroxylation is 2. The Balaban J connectivity index is 2.21. The molecule has 0 aliphatic carbocycles. The zero-order valence-electron chi connectivity index (χ0n) is 11.0. The van der Waals surface area contributed by atoms with Gasteiger partial charge < -0.3 is 0 Å². The van der Waals surface area contributed by atoms with Crippen LogP contribution < -0.4 is 0 Å². The summed E-state index contributed by atoms with van der Waals surface area (Å²) in [5.74, 6) is 0. The van der Waals surface area contributed by atoms with Gasteiger partial charge in [0.2, 0.25) is 0 Å². The van der Waals surface area contributed by atoms with Crippen molar-refractivity contribution >= 4 is 43.2 Å². The molecule has 0 amide bonds. The maximum atomic E-state index is 3.73. The van der Waals surface area contributed by atoms with Gasteiger partial charge in [0.05, 0.1) is 0 Å². The fourth-order valence-corrected chi connectivity index (χ4v) is 5.11. The van der Waals surface area contributed by atoms with Crippen molar-refractivity contribution in [1.29, 1.82) is 0 Å². The van der Waals surface area contributed by atoms with Gasteiger partial charge in [-0.15, -0.1) is 11.3 Å². The van der Waals surface area contributed by atoms with Crippen LogP contribution in [0.1, 0.15) is 22.4 Å². The summed E-state index contributed by atoms with van der Waals surface area (Å²) in [5, 5.41) is 4.13. The zero-order chi connectivity index (χ0) is 13.7. The molecule has 1 aromatic heterocycles. The van der Waals surface area contributed by atoms with Crippen molar-refractivity contribution in [3.8, 4) is 0 Å². The van der Waals surface area contributed by atoms with Crippen molar-refractivity contribution in [3.63, 3.8) is 0 Å². The second-order valence-corrected chi connectivity index (χ2v) is 7.15. The number of benzene rings is 1. The number of hydrogen-bond acceptors (Lipinski definition) is 1. The summed E-state index contributed by atoms with van der Waals surface area (Å²) in [6, 6.07) is 13.3. The molecule has 0 saturated carbocycles. The Morgan fingerprint density at radius 2 is 1.89 bits per heavy atom. The van der Waals surface area contributed by atoms with Crippen LogP contribution in [0.4, 0.5) is 0 Å². The van der Waals surface area contributed by atoms with Crippen molar-refractivity contribution in [2.24, 2.45) is 0 Å². The topological polar surface area (TPSA) is 0 Å².